The van der Waals surface area contributed by atoms with Crippen LogP contribution in [-0.4, -0.2) is 36.6 Å². The monoisotopic (exact) mass is 281 g/mol. The SMILES string of the molecule is CCOP(=O)(CN[C@H](C(=O)O)[C@@H](C)CC)OCC. The van der Waals surface area contributed by atoms with Crippen LogP contribution in [0.15, 0.2) is 0 Å². The van der Waals surface area contributed by atoms with Crippen LogP contribution in [0.5, 0.6) is 0 Å². The molecule has 2 atom stereocenters. The maximum atomic E-state index is 12.2. The highest BCUT2D eigenvalue weighted by Crippen LogP contribution is 2.46. The fraction of sp³-hybridized carbons (Fsp3) is 0.909. The molecule has 2 N–H and O–H groups in total. The maximum absolute atomic E-state index is 12.2. The van der Waals surface area contributed by atoms with Crippen molar-refractivity contribution in [2.45, 2.75) is 40.2 Å². The van der Waals surface area contributed by atoms with Gasteiger partial charge in [0, 0.05) is 0 Å². The van der Waals surface area contributed by atoms with E-state index in [4.69, 9.17) is 14.2 Å². The predicted molar refractivity (Wildman–Crippen MR) is 69.7 cm³/mol. The highest BCUT2D eigenvalue weighted by atomic mass is 31.2. The van der Waals surface area contributed by atoms with Crippen molar-refractivity contribution < 1.29 is 23.5 Å². The first kappa shape index (κ1) is 17.6. The summed E-state index contributed by atoms with van der Waals surface area (Å²) in [6.07, 6.45) is 0.632. The summed E-state index contributed by atoms with van der Waals surface area (Å²) in [7, 11) is -3.24. The standard InChI is InChI=1S/C11H24NO5P/c1-5-9(4)10(11(13)14)12-8-18(15,16-6-2)17-7-3/h9-10,12H,5-8H2,1-4H3,(H,13,14)/t9-,10-/m0/s1. The quantitative estimate of drug-likeness (QED) is 0.598. The molecule has 0 bridgehead atoms. The molecule has 0 spiro atoms. The van der Waals surface area contributed by atoms with Crippen LogP contribution in [0.2, 0.25) is 0 Å². The van der Waals surface area contributed by atoms with Gasteiger partial charge in [0.1, 0.15) is 6.04 Å². The number of hydrogen-bond donors (Lipinski definition) is 2. The van der Waals surface area contributed by atoms with Gasteiger partial charge in [-0.25, -0.2) is 0 Å². The van der Waals surface area contributed by atoms with E-state index < -0.39 is 19.6 Å². The number of rotatable bonds is 10. The Bertz CT molecular complexity index is 287. The number of carboxylic acids is 1. The van der Waals surface area contributed by atoms with E-state index in [1.165, 1.54) is 0 Å². The Balaban J connectivity index is 4.56. The Labute approximate surface area is 109 Å². The summed E-state index contributed by atoms with van der Waals surface area (Å²) in [5.41, 5.74) is 0. The van der Waals surface area contributed by atoms with Gasteiger partial charge in [-0.1, -0.05) is 20.3 Å². The lowest BCUT2D eigenvalue weighted by Gasteiger charge is -2.23. The van der Waals surface area contributed by atoms with Gasteiger partial charge in [-0.15, -0.1) is 0 Å². The van der Waals surface area contributed by atoms with Gasteiger partial charge in [0.2, 0.25) is 0 Å². The van der Waals surface area contributed by atoms with Crippen molar-refractivity contribution in [1.29, 1.82) is 0 Å². The van der Waals surface area contributed by atoms with Crippen molar-refractivity contribution in [2.75, 3.05) is 19.5 Å². The van der Waals surface area contributed by atoms with Crippen LogP contribution in [0.1, 0.15) is 34.1 Å². The van der Waals surface area contributed by atoms with E-state index in [0.717, 1.165) is 6.42 Å². The number of aliphatic carboxylic acids is 1. The number of carboxylic acid groups (broad SMARTS) is 1. The molecule has 0 aromatic heterocycles. The van der Waals surface area contributed by atoms with Gasteiger partial charge in [0.15, 0.2) is 0 Å². The predicted octanol–water partition coefficient (Wildman–Crippen LogP) is 2.30. The second-order valence-corrected chi connectivity index (χ2v) is 6.06. The van der Waals surface area contributed by atoms with Crippen LogP contribution >= 0.6 is 7.60 Å². The molecule has 108 valence electrons. The van der Waals surface area contributed by atoms with Crippen LogP contribution < -0.4 is 5.32 Å². The molecular formula is C11H24NO5P. The zero-order valence-corrected chi connectivity index (χ0v) is 12.4. The first-order chi connectivity index (χ1) is 8.40. The number of carbonyl (C=O) groups is 1. The number of nitrogens with one attached hydrogen (secondary N) is 1. The average Bonchev–Trinajstić information content (AvgIpc) is 2.29. The van der Waals surface area contributed by atoms with Crippen molar-refractivity contribution in [2.24, 2.45) is 5.92 Å². The minimum absolute atomic E-state index is 0.0563. The van der Waals surface area contributed by atoms with Gasteiger partial charge in [-0.2, -0.15) is 0 Å². The molecule has 0 aliphatic rings. The lowest BCUT2D eigenvalue weighted by Crippen LogP contribution is -2.42. The van der Waals surface area contributed by atoms with E-state index in [0.29, 0.717) is 0 Å². The van der Waals surface area contributed by atoms with Gasteiger partial charge in [-0.3, -0.25) is 14.7 Å². The van der Waals surface area contributed by atoms with Crippen LogP contribution in [-0.2, 0) is 18.4 Å². The second-order valence-electron chi connectivity index (χ2n) is 4.01. The van der Waals surface area contributed by atoms with Crippen molar-refractivity contribution >= 4 is 13.6 Å². The minimum Gasteiger partial charge on any atom is -0.480 e. The Morgan fingerprint density at radius 3 is 2.11 bits per heavy atom. The van der Waals surface area contributed by atoms with Gasteiger partial charge < -0.3 is 14.2 Å². The molecule has 0 aliphatic heterocycles. The summed E-state index contributed by atoms with van der Waals surface area (Å²) in [6.45, 7) is 7.70. The van der Waals surface area contributed by atoms with E-state index in [1.807, 2.05) is 13.8 Å². The largest absolute Gasteiger partial charge is 0.480 e. The van der Waals surface area contributed by atoms with E-state index in [-0.39, 0.29) is 25.4 Å². The van der Waals surface area contributed by atoms with Crippen LogP contribution in [0.4, 0.5) is 0 Å². The van der Waals surface area contributed by atoms with Crippen molar-refractivity contribution in [3.63, 3.8) is 0 Å². The first-order valence-electron chi connectivity index (χ1n) is 6.24. The van der Waals surface area contributed by atoms with Crippen molar-refractivity contribution in [3.8, 4) is 0 Å². The topological polar surface area (TPSA) is 84.9 Å². The smallest absolute Gasteiger partial charge is 0.344 e. The summed E-state index contributed by atoms with van der Waals surface area (Å²) < 4.78 is 22.3. The molecule has 0 unspecified atom stereocenters. The molecule has 0 rings (SSSR count). The first-order valence-corrected chi connectivity index (χ1v) is 7.97. The van der Waals surface area contributed by atoms with Gasteiger partial charge in [0.25, 0.3) is 0 Å². The third kappa shape index (κ3) is 5.96. The molecule has 18 heavy (non-hydrogen) atoms. The highest BCUT2D eigenvalue weighted by Gasteiger charge is 2.29. The molecule has 7 heteroatoms. The molecule has 0 aromatic rings. The summed E-state index contributed by atoms with van der Waals surface area (Å²) in [6, 6.07) is -0.746. The van der Waals surface area contributed by atoms with Crippen LogP contribution in [0.3, 0.4) is 0 Å². The Morgan fingerprint density at radius 2 is 1.78 bits per heavy atom. The fourth-order valence-corrected chi connectivity index (χ4v) is 2.96. The lowest BCUT2D eigenvalue weighted by molar-refractivity contribution is -0.140. The fourth-order valence-electron chi connectivity index (χ4n) is 1.50. The average molecular weight is 281 g/mol. The summed E-state index contributed by atoms with van der Waals surface area (Å²) in [4.78, 5) is 11.1. The summed E-state index contributed by atoms with van der Waals surface area (Å²) in [5.74, 6) is -1.01. The highest BCUT2D eigenvalue weighted by molar-refractivity contribution is 7.53. The maximum Gasteiger partial charge on any atom is 0.344 e. The Hall–Kier alpha value is -0.420. The van der Waals surface area contributed by atoms with Crippen LogP contribution in [0, 0.1) is 5.92 Å². The Morgan fingerprint density at radius 1 is 1.28 bits per heavy atom. The van der Waals surface area contributed by atoms with Gasteiger partial charge in [0.05, 0.1) is 19.5 Å². The third-order valence-corrected chi connectivity index (χ3v) is 4.51. The van der Waals surface area contributed by atoms with Gasteiger partial charge in [-0.05, 0) is 19.8 Å². The molecule has 0 saturated heterocycles. The van der Waals surface area contributed by atoms with Crippen LogP contribution in [0.25, 0.3) is 0 Å². The van der Waals surface area contributed by atoms with Crippen molar-refractivity contribution in [3.05, 3.63) is 0 Å². The van der Waals surface area contributed by atoms with E-state index in [9.17, 15) is 9.36 Å². The molecule has 0 amide bonds. The molecule has 0 fully saturated rings. The molecule has 6 nitrogen and oxygen atoms in total. The Kier molecular flexibility index (Phi) is 8.44. The van der Waals surface area contributed by atoms with E-state index in [1.54, 1.807) is 13.8 Å². The lowest BCUT2D eigenvalue weighted by atomic mass is 10.00. The summed E-state index contributed by atoms with van der Waals surface area (Å²) in [5, 5.41) is 11.9. The zero-order chi connectivity index (χ0) is 14.2. The molecule has 0 heterocycles. The number of hydrogen-bond acceptors (Lipinski definition) is 5. The summed E-state index contributed by atoms with van der Waals surface area (Å²) >= 11 is 0. The molecular weight excluding hydrogens is 257 g/mol. The van der Waals surface area contributed by atoms with E-state index >= 15 is 0 Å². The molecule has 0 saturated carbocycles. The minimum atomic E-state index is -3.24. The zero-order valence-electron chi connectivity index (χ0n) is 11.5. The van der Waals surface area contributed by atoms with Crippen molar-refractivity contribution in [1.82, 2.24) is 5.32 Å². The molecule has 0 aliphatic carbocycles. The molecule has 0 aromatic carbocycles. The van der Waals surface area contributed by atoms with E-state index in [2.05, 4.69) is 5.32 Å². The van der Waals surface area contributed by atoms with Gasteiger partial charge >= 0.3 is 13.6 Å². The second kappa shape index (κ2) is 8.64. The molecule has 0 radical (unpaired) electrons. The third-order valence-electron chi connectivity index (χ3n) is 2.64. The normalized spacial score (nSPS) is 15.3.